The molecule has 3 fully saturated rings. The number of fused-ring (bicyclic) bond motifs is 1. The predicted octanol–water partition coefficient (Wildman–Crippen LogP) is 1.75. The molecule has 3 rings (SSSR count). The fourth-order valence-electron chi connectivity index (χ4n) is 3.03. The second kappa shape index (κ2) is 3.17. The summed E-state index contributed by atoms with van der Waals surface area (Å²) in [5, 5.41) is 0. The largest absolute Gasteiger partial charge is 0.334 e. The Morgan fingerprint density at radius 3 is 2.50 bits per heavy atom. The zero-order valence-corrected chi connectivity index (χ0v) is 8.41. The van der Waals surface area contributed by atoms with Crippen molar-refractivity contribution in [1.29, 1.82) is 0 Å². The van der Waals surface area contributed by atoms with E-state index >= 15 is 0 Å². The maximum Gasteiger partial charge on any atom is 0.315 e. The maximum absolute atomic E-state index is 12.2. The third-order valence-corrected chi connectivity index (χ3v) is 3.60. The van der Waals surface area contributed by atoms with Gasteiger partial charge in [0.1, 0.15) is 0 Å². The average Bonchev–Trinajstić information content (AvgIpc) is 2.57. The van der Waals surface area contributed by atoms with Crippen molar-refractivity contribution in [3.8, 4) is 0 Å². The molecule has 1 saturated carbocycles. The number of hydrogen-bond donors (Lipinski definition) is 0. The lowest BCUT2D eigenvalue weighted by Crippen LogP contribution is -2.45. The molecular weight excluding hydrogens is 188 g/mol. The molecule has 4 heteroatoms. The summed E-state index contributed by atoms with van der Waals surface area (Å²) in [6.45, 7) is 4.75. The van der Waals surface area contributed by atoms with Gasteiger partial charge in [0, 0.05) is 12.6 Å². The monoisotopic (exact) mass is 203 g/mol. The number of carbonyl (C=O) groups is 1. The van der Waals surface area contributed by atoms with Gasteiger partial charge in [-0.05, 0) is 24.2 Å². The smallest absolute Gasteiger partial charge is 0.315 e. The molecule has 0 aromatic heterocycles. The summed E-state index contributed by atoms with van der Waals surface area (Å²) >= 11 is 0. The van der Waals surface area contributed by atoms with Crippen LogP contribution in [-0.4, -0.2) is 29.8 Å². The van der Waals surface area contributed by atoms with E-state index in [1.807, 2.05) is 0 Å². The molecule has 2 aliphatic heterocycles. The Balaban J connectivity index is 2.03. The van der Waals surface area contributed by atoms with E-state index in [1.54, 1.807) is 0 Å². The van der Waals surface area contributed by atoms with Gasteiger partial charge >= 0.3 is 6.43 Å². The van der Waals surface area contributed by atoms with Crippen LogP contribution in [0, 0.1) is 17.8 Å². The minimum atomic E-state index is -2.83. The van der Waals surface area contributed by atoms with Crippen LogP contribution in [0.1, 0.15) is 20.3 Å². The molecule has 1 unspecified atom stereocenters. The second-order valence-corrected chi connectivity index (χ2v) is 4.68. The van der Waals surface area contributed by atoms with Crippen LogP contribution in [0.2, 0.25) is 0 Å². The molecule has 0 spiro atoms. The lowest BCUT2D eigenvalue weighted by Gasteiger charge is -2.39. The third-order valence-electron chi connectivity index (χ3n) is 3.60. The molecule has 3 aliphatic rings. The summed E-state index contributed by atoms with van der Waals surface area (Å²) in [4.78, 5) is 12.5. The van der Waals surface area contributed by atoms with Crippen LogP contribution in [0.5, 0.6) is 0 Å². The van der Waals surface area contributed by atoms with Crippen LogP contribution in [-0.2, 0) is 4.79 Å². The highest BCUT2D eigenvalue weighted by atomic mass is 19.3. The molecule has 0 radical (unpaired) electrons. The molecule has 3 atom stereocenters. The van der Waals surface area contributed by atoms with E-state index in [0.717, 1.165) is 6.42 Å². The molecule has 2 bridgehead atoms. The highest BCUT2D eigenvalue weighted by Gasteiger charge is 2.55. The van der Waals surface area contributed by atoms with Crippen LogP contribution in [0.4, 0.5) is 8.78 Å². The van der Waals surface area contributed by atoms with Gasteiger partial charge in [-0.2, -0.15) is 8.78 Å². The number of alkyl halides is 2. The van der Waals surface area contributed by atoms with Gasteiger partial charge < -0.3 is 4.90 Å². The Hall–Kier alpha value is -0.670. The van der Waals surface area contributed by atoms with E-state index in [4.69, 9.17) is 0 Å². The first kappa shape index (κ1) is 9.87. The summed E-state index contributed by atoms with van der Waals surface area (Å²) in [6.07, 6.45) is -1.90. The lowest BCUT2D eigenvalue weighted by atomic mass is 9.68. The standard InChI is InChI=1S/C10H15F2NO/c1-5(2)8-6-3-7(8)13(4-6)10(14)9(11)12/h5-9H,3-4H2,1-2H3/t6-,7-,8?/m1/s1. The van der Waals surface area contributed by atoms with Gasteiger partial charge in [-0.15, -0.1) is 0 Å². The van der Waals surface area contributed by atoms with Gasteiger partial charge in [-0.1, -0.05) is 13.8 Å². The van der Waals surface area contributed by atoms with Crippen LogP contribution in [0.25, 0.3) is 0 Å². The van der Waals surface area contributed by atoms with Crippen LogP contribution in [0.15, 0.2) is 0 Å². The zero-order chi connectivity index (χ0) is 10.5. The number of carbonyl (C=O) groups excluding carboxylic acids is 1. The van der Waals surface area contributed by atoms with Crippen molar-refractivity contribution in [3.05, 3.63) is 0 Å². The van der Waals surface area contributed by atoms with Crippen molar-refractivity contribution in [1.82, 2.24) is 4.90 Å². The normalized spacial score (nSPS) is 35.3. The molecule has 80 valence electrons. The number of amides is 1. The Bertz CT molecular complexity index is 255. The fourth-order valence-corrected chi connectivity index (χ4v) is 3.03. The molecule has 0 aromatic rings. The van der Waals surface area contributed by atoms with Crippen molar-refractivity contribution >= 4 is 5.91 Å². The van der Waals surface area contributed by atoms with E-state index in [1.165, 1.54) is 4.90 Å². The maximum atomic E-state index is 12.2. The summed E-state index contributed by atoms with van der Waals surface area (Å²) in [5.74, 6) is 0.454. The number of hydrogen-bond acceptors (Lipinski definition) is 1. The number of halogens is 2. The average molecular weight is 203 g/mol. The van der Waals surface area contributed by atoms with Crippen molar-refractivity contribution in [3.63, 3.8) is 0 Å². The summed E-state index contributed by atoms with van der Waals surface area (Å²) in [6, 6.07) is 0.0986. The molecule has 2 nitrogen and oxygen atoms in total. The van der Waals surface area contributed by atoms with E-state index in [2.05, 4.69) is 13.8 Å². The van der Waals surface area contributed by atoms with E-state index in [-0.39, 0.29) is 6.04 Å². The Kier molecular flexibility index (Phi) is 2.24. The van der Waals surface area contributed by atoms with Crippen molar-refractivity contribution in [2.45, 2.75) is 32.7 Å². The first-order valence-corrected chi connectivity index (χ1v) is 5.11. The zero-order valence-electron chi connectivity index (χ0n) is 8.41. The Labute approximate surface area is 82.3 Å². The van der Waals surface area contributed by atoms with Gasteiger partial charge in [0.25, 0.3) is 5.91 Å². The van der Waals surface area contributed by atoms with Gasteiger partial charge in [-0.3, -0.25) is 4.79 Å². The minimum absolute atomic E-state index is 0.0986. The highest BCUT2D eigenvalue weighted by Crippen LogP contribution is 2.50. The molecule has 0 N–H and O–H groups in total. The fraction of sp³-hybridized carbons (Fsp3) is 0.900. The summed E-state index contributed by atoms with van der Waals surface area (Å²) in [5.41, 5.74) is 0. The predicted molar refractivity (Wildman–Crippen MR) is 47.9 cm³/mol. The number of rotatable bonds is 2. The highest BCUT2D eigenvalue weighted by molar-refractivity contribution is 5.80. The van der Waals surface area contributed by atoms with Gasteiger partial charge in [-0.25, -0.2) is 0 Å². The number of nitrogens with zero attached hydrogens (tertiary/aromatic N) is 1. The molecule has 1 aliphatic carbocycles. The van der Waals surface area contributed by atoms with E-state index in [9.17, 15) is 13.6 Å². The van der Waals surface area contributed by atoms with Crippen LogP contribution in [0.3, 0.4) is 0 Å². The topological polar surface area (TPSA) is 20.3 Å². The van der Waals surface area contributed by atoms with Gasteiger partial charge in [0.2, 0.25) is 0 Å². The Morgan fingerprint density at radius 2 is 2.07 bits per heavy atom. The lowest BCUT2D eigenvalue weighted by molar-refractivity contribution is -0.143. The molecule has 1 amide bonds. The van der Waals surface area contributed by atoms with Crippen molar-refractivity contribution < 1.29 is 13.6 Å². The molecular formula is C10H15F2NO. The third kappa shape index (κ3) is 1.23. The van der Waals surface area contributed by atoms with Gasteiger partial charge in [0.15, 0.2) is 0 Å². The van der Waals surface area contributed by atoms with Crippen molar-refractivity contribution in [2.75, 3.05) is 6.54 Å². The molecule has 14 heavy (non-hydrogen) atoms. The van der Waals surface area contributed by atoms with Crippen molar-refractivity contribution in [2.24, 2.45) is 17.8 Å². The first-order valence-electron chi connectivity index (χ1n) is 5.11. The molecule has 2 heterocycles. The van der Waals surface area contributed by atoms with E-state index < -0.39 is 12.3 Å². The minimum Gasteiger partial charge on any atom is -0.334 e. The second-order valence-electron chi connectivity index (χ2n) is 4.68. The van der Waals surface area contributed by atoms with Gasteiger partial charge in [0.05, 0.1) is 0 Å². The van der Waals surface area contributed by atoms with Crippen LogP contribution < -0.4 is 0 Å². The van der Waals surface area contributed by atoms with Crippen LogP contribution >= 0.6 is 0 Å². The molecule has 0 aromatic carbocycles. The quantitative estimate of drug-likeness (QED) is 0.669. The van der Waals surface area contributed by atoms with E-state index in [0.29, 0.717) is 24.3 Å². The summed E-state index contributed by atoms with van der Waals surface area (Å²) in [7, 11) is 0. The molecule has 2 saturated heterocycles. The summed E-state index contributed by atoms with van der Waals surface area (Å²) < 4.78 is 24.4. The SMILES string of the molecule is CC(C)C1[C@@H]2C[C@H]1N(C(=O)C(F)F)C2. The Morgan fingerprint density at radius 1 is 1.43 bits per heavy atom. The first-order chi connectivity index (χ1) is 6.52.